The Bertz CT molecular complexity index is 895. The van der Waals surface area contributed by atoms with Gasteiger partial charge in [-0.15, -0.1) is 0 Å². The number of hydrogen-bond acceptors (Lipinski definition) is 3. The number of aromatic nitrogens is 4. The van der Waals surface area contributed by atoms with Crippen molar-refractivity contribution in [2.45, 2.75) is 46.2 Å². The number of fused-ring (bicyclic) bond motifs is 1. The summed E-state index contributed by atoms with van der Waals surface area (Å²) in [4.78, 5) is 12.1. The van der Waals surface area contributed by atoms with E-state index in [1.165, 1.54) is 12.1 Å². The zero-order valence-corrected chi connectivity index (χ0v) is 15.4. The summed E-state index contributed by atoms with van der Waals surface area (Å²) in [6.45, 7) is 7.16. The van der Waals surface area contributed by atoms with Crippen LogP contribution < -0.4 is 5.32 Å². The molecule has 3 aromatic rings. The molecule has 0 unspecified atom stereocenters. The van der Waals surface area contributed by atoms with E-state index in [-0.39, 0.29) is 17.8 Å². The molecule has 0 aliphatic carbocycles. The van der Waals surface area contributed by atoms with Crippen molar-refractivity contribution in [1.29, 1.82) is 0 Å². The number of halogens is 1. The molecule has 0 aliphatic heterocycles. The molecule has 2 heterocycles. The van der Waals surface area contributed by atoms with Gasteiger partial charge in [-0.1, -0.05) is 12.1 Å². The van der Waals surface area contributed by atoms with Crippen LogP contribution in [0.3, 0.4) is 0 Å². The van der Waals surface area contributed by atoms with Gasteiger partial charge in [0.1, 0.15) is 16.9 Å². The molecule has 7 heteroatoms. The third-order valence-corrected chi connectivity index (χ3v) is 4.36. The predicted octanol–water partition coefficient (Wildman–Crippen LogP) is 3.01. The topological polar surface area (TPSA) is 64.7 Å². The van der Waals surface area contributed by atoms with Gasteiger partial charge in [0.25, 0.3) is 0 Å². The van der Waals surface area contributed by atoms with Gasteiger partial charge in [-0.2, -0.15) is 10.2 Å². The Morgan fingerprint density at radius 3 is 2.69 bits per heavy atom. The second kappa shape index (κ2) is 7.68. The first kappa shape index (κ1) is 18.1. The van der Waals surface area contributed by atoms with Crippen molar-refractivity contribution in [2.75, 3.05) is 6.54 Å². The molecule has 0 saturated heterocycles. The Kier molecular flexibility index (Phi) is 5.35. The van der Waals surface area contributed by atoms with Crippen molar-refractivity contribution in [3.8, 4) is 0 Å². The Labute approximate surface area is 152 Å². The molecule has 2 aromatic heterocycles. The lowest BCUT2D eigenvalue weighted by Gasteiger charge is -2.06. The van der Waals surface area contributed by atoms with Gasteiger partial charge in [-0.3, -0.25) is 14.2 Å². The molecule has 26 heavy (non-hydrogen) atoms. The average Bonchev–Trinajstić information content (AvgIpc) is 3.16. The monoisotopic (exact) mass is 357 g/mol. The van der Waals surface area contributed by atoms with Gasteiger partial charge in [0.15, 0.2) is 0 Å². The highest BCUT2D eigenvalue weighted by Gasteiger charge is 2.15. The smallest absolute Gasteiger partial charge is 0.221 e. The molecule has 138 valence electrons. The number of benzene rings is 1. The Morgan fingerprint density at radius 2 is 2.00 bits per heavy atom. The number of carbonyl (C=O) groups is 1. The minimum absolute atomic E-state index is 0.0235. The van der Waals surface area contributed by atoms with E-state index in [4.69, 9.17) is 0 Å². The highest BCUT2D eigenvalue weighted by molar-refractivity contribution is 5.79. The zero-order valence-electron chi connectivity index (χ0n) is 15.4. The fourth-order valence-corrected chi connectivity index (χ4v) is 3.03. The van der Waals surface area contributed by atoms with Gasteiger partial charge in [0.05, 0.1) is 18.4 Å². The molecule has 0 atom stereocenters. The van der Waals surface area contributed by atoms with E-state index in [0.717, 1.165) is 22.3 Å². The number of rotatable bonds is 7. The molecule has 0 fully saturated rings. The second-order valence-corrected chi connectivity index (χ2v) is 6.70. The Morgan fingerprint density at radius 1 is 1.27 bits per heavy atom. The molecule has 6 nitrogen and oxygen atoms in total. The summed E-state index contributed by atoms with van der Waals surface area (Å²) in [6.07, 6.45) is 2.84. The summed E-state index contributed by atoms with van der Waals surface area (Å²) in [6, 6.07) is 6.59. The molecule has 0 spiro atoms. The largest absolute Gasteiger partial charge is 0.356 e. The van der Waals surface area contributed by atoms with Crippen LogP contribution in [-0.4, -0.2) is 32.0 Å². The molecule has 0 bridgehead atoms. The fraction of sp³-hybridized carbons (Fsp3) is 0.421. The average molecular weight is 357 g/mol. The zero-order chi connectivity index (χ0) is 18.7. The normalized spacial score (nSPS) is 11.4. The number of carbonyl (C=O) groups excluding carboxylic acids is 1. The van der Waals surface area contributed by atoms with Crippen molar-refractivity contribution in [2.24, 2.45) is 0 Å². The number of amides is 1. The highest BCUT2D eigenvalue weighted by Crippen LogP contribution is 2.21. The van der Waals surface area contributed by atoms with Crippen molar-refractivity contribution in [3.05, 3.63) is 47.5 Å². The maximum absolute atomic E-state index is 12.9. The van der Waals surface area contributed by atoms with E-state index >= 15 is 0 Å². The van der Waals surface area contributed by atoms with Crippen molar-refractivity contribution in [3.63, 3.8) is 0 Å². The molecule has 3 rings (SSSR count). The third kappa shape index (κ3) is 3.92. The summed E-state index contributed by atoms with van der Waals surface area (Å²) >= 11 is 0. The van der Waals surface area contributed by atoms with Crippen molar-refractivity contribution >= 4 is 16.9 Å². The van der Waals surface area contributed by atoms with Crippen LogP contribution in [0.2, 0.25) is 0 Å². The summed E-state index contributed by atoms with van der Waals surface area (Å²) in [5, 5.41) is 11.9. The Hall–Kier alpha value is -2.70. The number of hydrogen-bond donors (Lipinski definition) is 1. The summed E-state index contributed by atoms with van der Waals surface area (Å²) in [5.74, 6) is -0.274. The van der Waals surface area contributed by atoms with Gasteiger partial charge in [-0.05, 0) is 44.9 Å². The predicted molar refractivity (Wildman–Crippen MR) is 98.4 cm³/mol. The molecular formula is C19H24FN5O. The van der Waals surface area contributed by atoms with Crippen LogP contribution in [0.1, 0.15) is 37.6 Å². The van der Waals surface area contributed by atoms with Crippen LogP contribution in [-0.2, 0) is 17.8 Å². The number of nitrogens with one attached hydrogen (secondary N) is 1. The van der Waals surface area contributed by atoms with Gasteiger partial charge < -0.3 is 5.32 Å². The van der Waals surface area contributed by atoms with E-state index < -0.39 is 0 Å². The Balaban J connectivity index is 1.53. The molecule has 1 N–H and O–H groups in total. The van der Waals surface area contributed by atoms with Gasteiger partial charge in [-0.25, -0.2) is 4.39 Å². The van der Waals surface area contributed by atoms with Crippen molar-refractivity contribution < 1.29 is 9.18 Å². The van der Waals surface area contributed by atoms with Crippen LogP contribution in [0.25, 0.3) is 11.0 Å². The third-order valence-electron chi connectivity index (χ3n) is 4.36. The molecular weight excluding hydrogens is 333 g/mol. The van der Waals surface area contributed by atoms with Crippen LogP contribution in [0.4, 0.5) is 4.39 Å². The fourth-order valence-electron chi connectivity index (χ4n) is 3.03. The standard InChI is InChI=1S/C19H24FN5O/c1-13(2)25-17-12-22-24(19(17)14(3)23-25)11-9-18(26)21-10-8-15-4-6-16(20)7-5-15/h4-7,12-13H,8-11H2,1-3H3,(H,21,26). The molecule has 1 aromatic carbocycles. The van der Waals surface area contributed by atoms with Crippen molar-refractivity contribution in [1.82, 2.24) is 24.9 Å². The van der Waals surface area contributed by atoms with E-state index in [9.17, 15) is 9.18 Å². The van der Waals surface area contributed by atoms with Crippen LogP contribution >= 0.6 is 0 Å². The first-order chi connectivity index (χ1) is 12.5. The summed E-state index contributed by atoms with van der Waals surface area (Å²) in [5.41, 5.74) is 3.90. The SMILES string of the molecule is Cc1nn(C(C)C)c2cnn(CCC(=O)NCCc3ccc(F)cc3)c12. The minimum Gasteiger partial charge on any atom is -0.356 e. The van der Waals surface area contributed by atoms with E-state index in [2.05, 4.69) is 29.4 Å². The lowest BCUT2D eigenvalue weighted by Crippen LogP contribution is -2.26. The maximum Gasteiger partial charge on any atom is 0.221 e. The number of nitrogens with zero attached hydrogens (tertiary/aromatic N) is 4. The first-order valence-electron chi connectivity index (χ1n) is 8.87. The number of aryl methyl sites for hydroxylation is 2. The van der Waals surface area contributed by atoms with Crippen LogP contribution in [0.15, 0.2) is 30.5 Å². The quantitative estimate of drug-likeness (QED) is 0.707. The van der Waals surface area contributed by atoms with Crippen LogP contribution in [0, 0.1) is 12.7 Å². The van der Waals surface area contributed by atoms with E-state index in [1.807, 2.05) is 22.5 Å². The maximum atomic E-state index is 12.9. The second-order valence-electron chi connectivity index (χ2n) is 6.70. The molecule has 1 amide bonds. The van der Waals surface area contributed by atoms with Crippen LogP contribution in [0.5, 0.6) is 0 Å². The van der Waals surface area contributed by atoms with E-state index in [0.29, 0.717) is 25.9 Å². The lowest BCUT2D eigenvalue weighted by molar-refractivity contribution is -0.121. The lowest BCUT2D eigenvalue weighted by atomic mass is 10.1. The molecule has 0 aliphatic rings. The summed E-state index contributed by atoms with van der Waals surface area (Å²) in [7, 11) is 0. The van der Waals surface area contributed by atoms with Gasteiger partial charge >= 0.3 is 0 Å². The molecule has 0 radical (unpaired) electrons. The first-order valence-corrected chi connectivity index (χ1v) is 8.87. The minimum atomic E-state index is -0.251. The van der Waals surface area contributed by atoms with E-state index in [1.54, 1.807) is 12.1 Å². The van der Waals surface area contributed by atoms with Gasteiger partial charge in [0.2, 0.25) is 5.91 Å². The molecule has 0 saturated carbocycles. The summed E-state index contributed by atoms with van der Waals surface area (Å²) < 4.78 is 16.7. The highest BCUT2D eigenvalue weighted by atomic mass is 19.1. The van der Waals surface area contributed by atoms with Gasteiger partial charge in [0, 0.05) is 19.0 Å².